The van der Waals surface area contributed by atoms with Gasteiger partial charge in [-0.05, 0) is 29.8 Å². The average Bonchev–Trinajstić information content (AvgIpc) is 3.31. The molecule has 10 heteroatoms. The number of H-pyrrole nitrogens is 1. The number of fused-ring (bicyclic) bond motifs is 1. The third-order valence-corrected chi connectivity index (χ3v) is 4.45. The molecule has 3 heterocycles. The van der Waals surface area contributed by atoms with Crippen LogP contribution in [0.25, 0.3) is 6.08 Å². The zero-order valence-corrected chi connectivity index (χ0v) is 14.6. The average molecular weight is 390 g/mol. The molecular weight excluding hydrogens is 374 g/mol. The molecular formula is C18H16F2N4O4. The third kappa shape index (κ3) is 3.66. The summed E-state index contributed by atoms with van der Waals surface area (Å²) < 4.78 is 34.8. The normalized spacial score (nSPS) is 17.9. The zero-order valence-electron chi connectivity index (χ0n) is 14.6. The molecule has 146 valence electrons. The maximum atomic E-state index is 13.0. The number of nitrogens with one attached hydrogen (secondary N) is 1. The molecule has 0 radical (unpaired) electrons. The van der Waals surface area contributed by atoms with Gasteiger partial charge in [-0.3, -0.25) is 14.7 Å². The standard InChI is InChI=1S/C18H16F2N4O4/c19-18(20)27-14-3-1-12(11-15(14)28-18)2-4-16(25)23-7-9-24(10-8-23)17(26)13-5-6-21-22-13/h1-6,11H,7-10H2,(H,21,22)/b4-2+. The van der Waals surface area contributed by atoms with Gasteiger partial charge in [-0.15, -0.1) is 8.78 Å². The lowest BCUT2D eigenvalue weighted by Gasteiger charge is -2.34. The Labute approximate surface area is 158 Å². The van der Waals surface area contributed by atoms with Crippen LogP contribution in [0.2, 0.25) is 0 Å². The summed E-state index contributed by atoms with van der Waals surface area (Å²) in [7, 11) is 0. The van der Waals surface area contributed by atoms with E-state index in [4.69, 9.17) is 0 Å². The highest BCUT2D eigenvalue weighted by atomic mass is 19.3. The van der Waals surface area contributed by atoms with E-state index in [1.165, 1.54) is 30.5 Å². The monoisotopic (exact) mass is 390 g/mol. The number of hydrogen-bond acceptors (Lipinski definition) is 5. The van der Waals surface area contributed by atoms with Gasteiger partial charge in [-0.1, -0.05) is 6.07 Å². The molecule has 1 aromatic carbocycles. The number of aromatic nitrogens is 2. The Morgan fingerprint density at radius 3 is 2.50 bits per heavy atom. The number of nitrogens with zero attached hydrogens (tertiary/aromatic N) is 3. The van der Waals surface area contributed by atoms with E-state index in [2.05, 4.69) is 19.7 Å². The van der Waals surface area contributed by atoms with Gasteiger partial charge < -0.3 is 19.3 Å². The molecule has 0 aliphatic carbocycles. The Morgan fingerprint density at radius 2 is 1.79 bits per heavy atom. The Kier molecular flexibility index (Phi) is 4.46. The molecule has 0 atom stereocenters. The van der Waals surface area contributed by atoms with Gasteiger partial charge in [0.2, 0.25) is 5.91 Å². The molecule has 1 saturated heterocycles. The van der Waals surface area contributed by atoms with E-state index in [9.17, 15) is 18.4 Å². The predicted molar refractivity (Wildman–Crippen MR) is 92.8 cm³/mol. The highest BCUT2D eigenvalue weighted by Gasteiger charge is 2.43. The Hall–Kier alpha value is -3.43. The van der Waals surface area contributed by atoms with Gasteiger partial charge in [0.1, 0.15) is 5.69 Å². The molecule has 0 spiro atoms. The first-order valence-corrected chi connectivity index (χ1v) is 8.57. The predicted octanol–water partition coefficient (Wildman–Crippen LogP) is 1.73. The first-order chi connectivity index (χ1) is 13.4. The van der Waals surface area contributed by atoms with Crippen LogP contribution in [0.5, 0.6) is 11.5 Å². The fraction of sp³-hybridized carbons (Fsp3) is 0.278. The van der Waals surface area contributed by atoms with Crippen LogP contribution in [0, 0.1) is 0 Å². The lowest BCUT2D eigenvalue weighted by Crippen LogP contribution is -2.50. The number of benzene rings is 1. The molecule has 2 aliphatic rings. The fourth-order valence-corrected chi connectivity index (χ4v) is 3.02. The van der Waals surface area contributed by atoms with Crippen LogP contribution in [0.4, 0.5) is 8.78 Å². The maximum Gasteiger partial charge on any atom is 0.586 e. The van der Waals surface area contributed by atoms with Crippen molar-refractivity contribution in [2.75, 3.05) is 26.2 Å². The summed E-state index contributed by atoms with van der Waals surface area (Å²) in [5, 5.41) is 6.39. The number of carbonyl (C=O) groups excluding carboxylic acids is 2. The highest BCUT2D eigenvalue weighted by Crippen LogP contribution is 2.41. The van der Waals surface area contributed by atoms with E-state index >= 15 is 0 Å². The van der Waals surface area contributed by atoms with E-state index in [0.29, 0.717) is 37.4 Å². The first kappa shape index (κ1) is 18.0. The summed E-state index contributed by atoms with van der Waals surface area (Å²) in [6.07, 6.45) is 0.718. The summed E-state index contributed by atoms with van der Waals surface area (Å²) in [5.74, 6) is -0.508. The molecule has 2 aliphatic heterocycles. The smallest absolute Gasteiger partial charge is 0.395 e. The second-order valence-electron chi connectivity index (χ2n) is 6.29. The van der Waals surface area contributed by atoms with Crippen molar-refractivity contribution in [3.63, 3.8) is 0 Å². The zero-order chi connectivity index (χ0) is 19.7. The van der Waals surface area contributed by atoms with Gasteiger partial charge in [0, 0.05) is 38.5 Å². The SMILES string of the molecule is O=C(/C=C/c1ccc2c(c1)OC(F)(F)O2)N1CCN(C(=O)c2ccn[nH]2)CC1. The van der Waals surface area contributed by atoms with Gasteiger partial charge in [0.25, 0.3) is 5.91 Å². The quantitative estimate of drug-likeness (QED) is 0.807. The van der Waals surface area contributed by atoms with Gasteiger partial charge in [0.15, 0.2) is 11.5 Å². The van der Waals surface area contributed by atoms with Crippen molar-refractivity contribution in [3.05, 3.63) is 47.8 Å². The number of hydrogen-bond donors (Lipinski definition) is 1. The van der Waals surface area contributed by atoms with Crippen LogP contribution in [-0.4, -0.2) is 64.3 Å². The fourth-order valence-electron chi connectivity index (χ4n) is 3.02. The molecule has 8 nitrogen and oxygen atoms in total. The number of amides is 2. The van der Waals surface area contributed by atoms with E-state index < -0.39 is 6.29 Å². The van der Waals surface area contributed by atoms with Crippen molar-refractivity contribution in [1.82, 2.24) is 20.0 Å². The van der Waals surface area contributed by atoms with Crippen molar-refractivity contribution in [1.29, 1.82) is 0 Å². The molecule has 0 bridgehead atoms. The van der Waals surface area contributed by atoms with Crippen LogP contribution >= 0.6 is 0 Å². The largest absolute Gasteiger partial charge is 0.586 e. The van der Waals surface area contributed by atoms with Crippen molar-refractivity contribution < 1.29 is 27.8 Å². The van der Waals surface area contributed by atoms with E-state index in [0.717, 1.165) is 0 Å². The molecule has 1 aromatic heterocycles. The maximum absolute atomic E-state index is 13.0. The van der Waals surface area contributed by atoms with Crippen LogP contribution < -0.4 is 9.47 Å². The molecule has 1 fully saturated rings. The summed E-state index contributed by atoms with van der Waals surface area (Å²) in [6, 6.07) is 5.89. The summed E-state index contributed by atoms with van der Waals surface area (Å²) in [6.45, 7) is 1.62. The number of aromatic amines is 1. The molecule has 4 rings (SSSR count). The number of ether oxygens (including phenoxy) is 2. The topological polar surface area (TPSA) is 87.8 Å². The van der Waals surface area contributed by atoms with Gasteiger partial charge >= 0.3 is 6.29 Å². The summed E-state index contributed by atoms with van der Waals surface area (Å²) in [4.78, 5) is 27.9. The Balaban J connectivity index is 1.33. The summed E-state index contributed by atoms with van der Waals surface area (Å²) >= 11 is 0. The van der Waals surface area contributed by atoms with Gasteiger partial charge in [0.05, 0.1) is 0 Å². The number of rotatable bonds is 3. The minimum Gasteiger partial charge on any atom is -0.395 e. The van der Waals surface area contributed by atoms with Crippen molar-refractivity contribution >= 4 is 17.9 Å². The number of carbonyl (C=O) groups is 2. The van der Waals surface area contributed by atoms with Crippen LogP contribution in [0.15, 0.2) is 36.5 Å². The molecule has 1 N–H and O–H groups in total. The second-order valence-corrected chi connectivity index (χ2v) is 6.29. The first-order valence-electron chi connectivity index (χ1n) is 8.57. The lowest BCUT2D eigenvalue weighted by molar-refractivity contribution is -0.286. The van der Waals surface area contributed by atoms with Crippen LogP contribution in [0.3, 0.4) is 0 Å². The van der Waals surface area contributed by atoms with Crippen LogP contribution in [0.1, 0.15) is 16.1 Å². The van der Waals surface area contributed by atoms with E-state index in [1.807, 2.05) is 0 Å². The Morgan fingerprint density at radius 1 is 1.07 bits per heavy atom. The minimum absolute atomic E-state index is 0.0495. The molecule has 2 aromatic rings. The van der Waals surface area contributed by atoms with Gasteiger partial charge in [-0.2, -0.15) is 5.10 Å². The summed E-state index contributed by atoms with van der Waals surface area (Å²) in [5.41, 5.74) is 0.939. The highest BCUT2D eigenvalue weighted by molar-refractivity contribution is 5.93. The number of halogens is 2. The van der Waals surface area contributed by atoms with Crippen LogP contribution in [-0.2, 0) is 4.79 Å². The number of piperazine rings is 1. The van der Waals surface area contributed by atoms with Crippen molar-refractivity contribution in [2.45, 2.75) is 6.29 Å². The molecule has 2 amide bonds. The molecule has 0 unspecified atom stereocenters. The van der Waals surface area contributed by atoms with E-state index in [1.54, 1.807) is 21.9 Å². The van der Waals surface area contributed by atoms with E-state index in [-0.39, 0.29) is 23.3 Å². The Bertz CT molecular complexity index is 922. The molecule has 28 heavy (non-hydrogen) atoms. The third-order valence-electron chi connectivity index (χ3n) is 4.45. The molecule has 0 saturated carbocycles. The van der Waals surface area contributed by atoms with Gasteiger partial charge in [-0.25, -0.2) is 0 Å². The lowest BCUT2D eigenvalue weighted by atomic mass is 10.2. The van der Waals surface area contributed by atoms with Crippen molar-refractivity contribution in [2.24, 2.45) is 0 Å². The minimum atomic E-state index is -3.67. The second kappa shape index (κ2) is 6.95. The van der Waals surface area contributed by atoms with Crippen molar-refractivity contribution in [3.8, 4) is 11.5 Å². The number of alkyl halides is 2.